The smallest absolute Gasteiger partial charge is 0.0110 e. The van der Waals surface area contributed by atoms with Crippen LogP contribution in [-0.4, -0.2) is 3.92 Å². The molecule has 0 aromatic heterocycles. The lowest BCUT2D eigenvalue weighted by Crippen LogP contribution is -2.22. The molecule has 0 amide bonds. The molecule has 1 saturated carbocycles. The molecule has 1 unspecified atom stereocenters. The minimum absolute atomic E-state index is 0.959. The minimum Gasteiger partial charge on any atom is -0.0826 e. The van der Waals surface area contributed by atoms with Gasteiger partial charge in [-0.1, -0.05) is 91.4 Å². The van der Waals surface area contributed by atoms with Crippen molar-refractivity contribution in [3.63, 3.8) is 0 Å². The van der Waals surface area contributed by atoms with Gasteiger partial charge in [-0.15, -0.1) is 0 Å². The molecule has 130 valence electrons. The molecule has 0 bridgehead atoms. The number of alkyl halides is 1. The summed E-state index contributed by atoms with van der Waals surface area (Å²) in [6, 6.07) is 9.10. The van der Waals surface area contributed by atoms with Gasteiger partial charge in [0.1, 0.15) is 0 Å². The number of unbranched alkanes of at least 4 members (excludes halogenated alkanes) is 2. The second-order valence-electron chi connectivity index (χ2n) is 7.65. The fraction of sp³-hybridized carbons (Fsp3) is 0.727. The molecule has 1 atom stereocenters. The maximum atomic E-state index is 2.66. The van der Waals surface area contributed by atoms with E-state index in [0.29, 0.717) is 0 Å². The molecule has 0 nitrogen and oxygen atoms in total. The van der Waals surface area contributed by atoms with Crippen LogP contribution in [0.5, 0.6) is 0 Å². The molecule has 1 aromatic rings. The maximum absolute atomic E-state index is 2.66. The summed E-state index contributed by atoms with van der Waals surface area (Å²) in [5.74, 6) is 2.06. The van der Waals surface area contributed by atoms with Crippen molar-refractivity contribution in [1.82, 2.24) is 0 Å². The van der Waals surface area contributed by atoms with Gasteiger partial charge in [0, 0.05) is 3.92 Å². The van der Waals surface area contributed by atoms with Crippen LogP contribution >= 0.6 is 22.6 Å². The van der Waals surface area contributed by atoms with Crippen LogP contribution in [0.3, 0.4) is 0 Å². The molecule has 1 aliphatic carbocycles. The minimum atomic E-state index is 0.959. The van der Waals surface area contributed by atoms with Crippen LogP contribution in [0.15, 0.2) is 24.3 Å². The number of rotatable bonds is 9. The van der Waals surface area contributed by atoms with E-state index in [-0.39, 0.29) is 0 Å². The van der Waals surface area contributed by atoms with Crippen molar-refractivity contribution < 1.29 is 0 Å². The zero-order valence-corrected chi connectivity index (χ0v) is 17.4. The third-order valence-corrected chi connectivity index (χ3v) is 6.93. The standard InChI is InChI=1S/C22H35I/c1-3-7-20(21-14-16-22(23)17-15-21)9-6-4-5-8-19-12-10-18(2)11-13-19/h10-13,20-22H,3-9,14-17H2,1-2H3. The van der Waals surface area contributed by atoms with E-state index in [4.69, 9.17) is 0 Å². The van der Waals surface area contributed by atoms with Gasteiger partial charge in [-0.2, -0.15) is 0 Å². The van der Waals surface area contributed by atoms with Crippen LogP contribution in [-0.2, 0) is 6.42 Å². The van der Waals surface area contributed by atoms with Crippen LogP contribution in [0.2, 0.25) is 0 Å². The van der Waals surface area contributed by atoms with Crippen molar-refractivity contribution in [2.24, 2.45) is 11.8 Å². The molecule has 23 heavy (non-hydrogen) atoms. The summed E-state index contributed by atoms with van der Waals surface area (Å²) in [5.41, 5.74) is 2.89. The quantitative estimate of drug-likeness (QED) is 0.218. The highest BCUT2D eigenvalue weighted by atomic mass is 127. The molecule has 0 saturated heterocycles. The Morgan fingerprint density at radius 1 is 0.957 bits per heavy atom. The van der Waals surface area contributed by atoms with Crippen LogP contribution in [0.1, 0.15) is 82.3 Å². The average molecular weight is 426 g/mol. The summed E-state index contributed by atoms with van der Waals surface area (Å²) in [5, 5.41) is 0. The van der Waals surface area contributed by atoms with Crippen molar-refractivity contribution >= 4 is 22.6 Å². The molecule has 1 aromatic carbocycles. The summed E-state index contributed by atoms with van der Waals surface area (Å²) < 4.78 is 0.959. The SMILES string of the molecule is CCCC(CCCCCc1ccc(C)cc1)C1CCC(I)CC1. The second kappa shape index (κ2) is 10.7. The van der Waals surface area contributed by atoms with Crippen molar-refractivity contribution in [2.75, 3.05) is 0 Å². The van der Waals surface area contributed by atoms with Crippen LogP contribution < -0.4 is 0 Å². The van der Waals surface area contributed by atoms with Gasteiger partial charge in [0.05, 0.1) is 0 Å². The lowest BCUT2D eigenvalue weighted by Gasteiger charge is -2.32. The lowest BCUT2D eigenvalue weighted by molar-refractivity contribution is 0.223. The maximum Gasteiger partial charge on any atom is 0.0110 e. The van der Waals surface area contributed by atoms with E-state index in [0.717, 1.165) is 15.8 Å². The van der Waals surface area contributed by atoms with Gasteiger partial charge in [-0.3, -0.25) is 0 Å². The highest BCUT2D eigenvalue weighted by Gasteiger charge is 2.25. The summed E-state index contributed by atoms with van der Waals surface area (Å²) in [6.45, 7) is 4.54. The van der Waals surface area contributed by atoms with E-state index in [1.807, 2.05) is 0 Å². The summed E-state index contributed by atoms with van der Waals surface area (Å²) in [7, 11) is 0. The Balaban J connectivity index is 1.64. The molecule has 1 aliphatic rings. The number of hydrogen-bond acceptors (Lipinski definition) is 0. The first-order valence-electron chi connectivity index (χ1n) is 9.88. The molecule has 2 rings (SSSR count). The van der Waals surface area contributed by atoms with Crippen LogP contribution in [0, 0.1) is 18.8 Å². The van der Waals surface area contributed by atoms with E-state index in [1.54, 1.807) is 0 Å². The monoisotopic (exact) mass is 426 g/mol. The third-order valence-electron chi connectivity index (χ3n) is 5.69. The van der Waals surface area contributed by atoms with E-state index in [9.17, 15) is 0 Å². The molecule has 0 aliphatic heterocycles. The molecule has 0 heterocycles. The molecular formula is C22H35I. The van der Waals surface area contributed by atoms with Crippen LogP contribution in [0.4, 0.5) is 0 Å². The number of benzene rings is 1. The highest BCUT2D eigenvalue weighted by molar-refractivity contribution is 14.1. The summed E-state index contributed by atoms with van der Waals surface area (Å²) >= 11 is 2.66. The first kappa shape index (κ1) is 19.3. The molecule has 1 heteroatoms. The predicted octanol–water partition coefficient (Wildman–Crippen LogP) is 7.51. The average Bonchev–Trinajstić information content (AvgIpc) is 2.56. The zero-order valence-electron chi connectivity index (χ0n) is 15.2. The number of halogens is 1. The van der Waals surface area contributed by atoms with Gasteiger partial charge in [0.15, 0.2) is 0 Å². The molecule has 0 radical (unpaired) electrons. The van der Waals surface area contributed by atoms with Crippen molar-refractivity contribution in [3.8, 4) is 0 Å². The van der Waals surface area contributed by atoms with Gasteiger partial charge in [-0.25, -0.2) is 0 Å². The Bertz CT molecular complexity index is 414. The van der Waals surface area contributed by atoms with E-state index in [2.05, 4.69) is 60.7 Å². The summed E-state index contributed by atoms with van der Waals surface area (Å²) in [4.78, 5) is 0. The van der Waals surface area contributed by atoms with E-state index < -0.39 is 0 Å². The summed E-state index contributed by atoms with van der Waals surface area (Å²) in [6.07, 6.45) is 15.8. The Hall–Kier alpha value is -0.0500. The first-order valence-corrected chi connectivity index (χ1v) is 11.1. The third kappa shape index (κ3) is 7.15. The Labute approximate surface area is 158 Å². The normalized spacial score (nSPS) is 22.9. The largest absolute Gasteiger partial charge is 0.0826 e. The Morgan fingerprint density at radius 3 is 2.30 bits per heavy atom. The lowest BCUT2D eigenvalue weighted by atomic mass is 9.76. The van der Waals surface area contributed by atoms with Gasteiger partial charge in [-0.05, 0) is 62.8 Å². The molecular weight excluding hydrogens is 391 g/mol. The highest BCUT2D eigenvalue weighted by Crippen LogP contribution is 2.37. The predicted molar refractivity (Wildman–Crippen MR) is 112 cm³/mol. The number of hydrogen-bond donors (Lipinski definition) is 0. The van der Waals surface area contributed by atoms with Crippen molar-refractivity contribution in [1.29, 1.82) is 0 Å². The van der Waals surface area contributed by atoms with Crippen LogP contribution in [0.25, 0.3) is 0 Å². The van der Waals surface area contributed by atoms with E-state index >= 15 is 0 Å². The van der Waals surface area contributed by atoms with Gasteiger partial charge in [0.25, 0.3) is 0 Å². The van der Waals surface area contributed by atoms with Crippen molar-refractivity contribution in [2.45, 2.75) is 88.4 Å². The topological polar surface area (TPSA) is 0 Å². The van der Waals surface area contributed by atoms with Crippen molar-refractivity contribution in [3.05, 3.63) is 35.4 Å². The molecule has 0 N–H and O–H groups in total. The fourth-order valence-electron chi connectivity index (χ4n) is 4.20. The van der Waals surface area contributed by atoms with Gasteiger partial charge < -0.3 is 0 Å². The number of aryl methyl sites for hydroxylation is 2. The Kier molecular flexibility index (Phi) is 9.00. The van der Waals surface area contributed by atoms with E-state index in [1.165, 1.54) is 81.8 Å². The zero-order chi connectivity index (χ0) is 16.5. The first-order chi connectivity index (χ1) is 11.2. The molecule has 1 fully saturated rings. The Morgan fingerprint density at radius 2 is 1.65 bits per heavy atom. The molecule has 0 spiro atoms. The second-order valence-corrected chi connectivity index (χ2v) is 9.41. The fourth-order valence-corrected chi connectivity index (χ4v) is 4.92. The van der Waals surface area contributed by atoms with Gasteiger partial charge >= 0.3 is 0 Å². The van der Waals surface area contributed by atoms with Gasteiger partial charge in [0.2, 0.25) is 0 Å².